The predicted octanol–water partition coefficient (Wildman–Crippen LogP) is 4.14. The number of benzene rings is 1. The second-order valence-electron chi connectivity index (χ2n) is 5.53. The molecule has 1 unspecified atom stereocenters. The third-order valence-electron chi connectivity index (χ3n) is 3.76. The minimum Gasteiger partial charge on any atom is -0.309 e. The first kappa shape index (κ1) is 12.8. The third kappa shape index (κ3) is 2.45. The molecule has 1 aromatic carbocycles. The van der Waals surface area contributed by atoms with Crippen molar-refractivity contribution in [1.82, 2.24) is 10.3 Å². The van der Waals surface area contributed by atoms with Crippen LogP contribution < -0.4 is 5.32 Å². The molecule has 1 atom stereocenters. The summed E-state index contributed by atoms with van der Waals surface area (Å²) >= 11 is 1.84. The summed E-state index contributed by atoms with van der Waals surface area (Å²) in [6, 6.07) is 9.31. The first-order chi connectivity index (χ1) is 9.15. The van der Waals surface area contributed by atoms with E-state index in [2.05, 4.69) is 50.4 Å². The summed E-state index contributed by atoms with van der Waals surface area (Å²) in [6.45, 7) is 7.72. The summed E-state index contributed by atoms with van der Waals surface area (Å²) in [5.41, 5.74) is 3.93. The standard InChI is InChI=1S/C16H20N2S/c1-10(2)12-4-6-13(7-5-12)16-18-14-8-9-17-11(3)15(14)19-16/h4-7,10-11,17H,8-9H2,1-3H3. The minimum absolute atomic E-state index is 0.449. The number of aromatic nitrogens is 1. The molecule has 0 saturated carbocycles. The van der Waals surface area contributed by atoms with Crippen LogP contribution >= 0.6 is 11.3 Å². The zero-order valence-electron chi connectivity index (χ0n) is 11.7. The van der Waals surface area contributed by atoms with Gasteiger partial charge in [-0.05, 0) is 18.4 Å². The van der Waals surface area contributed by atoms with Crippen molar-refractivity contribution in [3.63, 3.8) is 0 Å². The zero-order valence-corrected chi connectivity index (χ0v) is 12.6. The fourth-order valence-corrected chi connectivity index (χ4v) is 3.66. The van der Waals surface area contributed by atoms with E-state index in [-0.39, 0.29) is 0 Å². The summed E-state index contributed by atoms with van der Waals surface area (Å²) in [5, 5.41) is 4.66. The number of thiazole rings is 1. The SMILES string of the molecule is CC(C)c1ccc(-c2nc3c(s2)C(C)NCC3)cc1. The number of hydrogen-bond acceptors (Lipinski definition) is 3. The monoisotopic (exact) mass is 272 g/mol. The van der Waals surface area contributed by atoms with Crippen LogP contribution in [0.1, 0.15) is 48.9 Å². The lowest BCUT2D eigenvalue weighted by Gasteiger charge is -2.18. The van der Waals surface area contributed by atoms with Gasteiger partial charge in [0, 0.05) is 29.4 Å². The van der Waals surface area contributed by atoms with Crippen LogP contribution in [-0.2, 0) is 6.42 Å². The van der Waals surface area contributed by atoms with E-state index < -0.39 is 0 Å². The van der Waals surface area contributed by atoms with Gasteiger partial charge in [-0.25, -0.2) is 4.98 Å². The molecular formula is C16H20N2S. The van der Waals surface area contributed by atoms with E-state index in [9.17, 15) is 0 Å². The van der Waals surface area contributed by atoms with Crippen molar-refractivity contribution in [2.24, 2.45) is 0 Å². The van der Waals surface area contributed by atoms with Gasteiger partial charge in [-0.15, -0.1) is 11.3 Å². The Labute approximate surface area is 118 Å². The van der Waals surface area contributed by atoms with Gasteiger partial charge in [0.05, 0.1) is 5.69 Å². The summed E-state index contributed by atoms with van der Waals surface area (Å²) in [6.07, 6.45) is 1.06. The highest BCUT2D eigenvalue weighted by atomic mass is 32.1. The molecule has 2 nitrogen and oxygen atoms in total. The Kier molecular flexibility index (Phi) is 3.42. The Balaban J connectivity index is 1.94. The maximum absolute atomic E-state index is 4.82. The molecule has 0 amide bonds. The first-order valence-electron chi connectivity index (χ1n) is 6.98. The highest BCUT2D eigenvalue weighted by molar-refractivity contribution is 7.15. The molecular weight excluding hydrogens is 252 g/mol. The maximum atomic E-state index is 4.82. The van der Waals surface area contributed by atoms with Crippen LogP contribution in [0.5, 0.6) is 0 Å². The number of nitrogens with one attached hydrogen (secondary N) is 1. The molecule has 2 heterocycles. The van der Waals surface area contributed by atoms with Crippen LogP contribution in [0.4, 0.5) is 0 Å². The lowest BCUT2D eigenvalue weighted by molar-refractivity contribution is 0.545. The van der Waals surface area contributed by atoms with Gasteiger partial charge < -0.3 is 5.32 Å². The Morgan fingerprint density at radius 1 is 1.26 bits per heavy atom. The van der Waals surface area contributed by atoms with Crippen LogP contribution in [0, 0.1) is 0 Å². The van der Waals surface area contributed by atoms with Crippen molar-refractivity contribution in [2.75, 3.05) is 6.54 Å². The van der Waals surface area contributed by atoms with Crippen molar-refractivity contribution >= 4 is 11.3 Å². The van der Waals surface area contributed by atoms with Gasteiger partial charge in [-0.1, -0.05) is 38.1 Å². The topological polar surface area (TPSA) is 24.9 Å². The molecule has 0 fully saturated rings. The summed E-state index contributed by atoms with van der Waals surface area (Å²) < 4.78 is 0. The molecule has 1 aliphatic rings. The molecule has 3 heteroatoms. The van der Waals surface area contributed by atoms with Gasteiger partial charge in [0.1, 0.15) is 5.01 Å². The van der Waals surface area contributed by atoms with Crippen LogP contribution in [0.2, 0.25) is 0 Å². The lowest BCUT2D eigenvalue weighted by Crippen LogP contribution is -2.26. The highest BCUT2D eigenvalue weighted by Gasteiger charge is 2.21. The second-order valence-corrected chi connectivity index (χ2v) is 6.56. The Morgan fingerprint density at radius 2 is 2.00 bits per heavy atom. The normalized spacial score (nSPS) is 18.6. The number of rotatable bonds is 2. The Morgan fingerprint density at radius 3 is 2.63 bits per heavy atom. The van der Waals surface area contributed by atoms with Crippen molar-refractivity contribution in [2.45, 2.75) is 39.2 Å². The molecule has 2 aromatic rings. The Hall–Kier alpha value is -1.19. The quantitative estimate of drug-likeness (QED) is 0.888. The molecule has 1 N–H and O–H groups in total. The average Bonchev–Trinajstić information content (AvgIpc) is 2.84. The van der Waals surface area contributed by atoms with Gasteiger partial charge in [0.2, 0.25) is 0 Å². The van der Waals surface area contributed by atoms with Crippen LogP contribution in [-0.4, -0.2) is 11.5 Å². The van der Waals surface area contributed by atoms with Crippen LogP contribution in [0.3, 0.4) is 0 Å². The van der Waals surface area contributed by atoms with Gasteiger partial charge in [0.15, 0.2) is 0 Å². The molecule has 19 heavy (non-hydrogen) atoms. The zero-order chi connectivity index (χ0) is 13.4. The predicted molar refractivity (Wildman–Crippen MR) is 81.8 cm³/mol. The summed E-state index contributed by atoms with van der Waals surface area (Å²) in [7, 11) is 0. The molecule has 3 rings (SSSR count). The van der Waals surface area contributed by atoms with Crippen molar-refractivity contribution in [1.29, 1.82) is 0 Å². The summed E-state index contributed by atoms with van der Waals surface area (Å²) in [4.78, 5) is 6.24. The van der Waals surface area contributed by atoms with E-state index >= 15 is 0 Å². The molecule has 1 aliphatic heterocycles. The number of hydrogen-bond donors (Lipinski definition) is 1. The van der Waals surface area contributed by atoms with E-state index in [0.717, 1.165) is 18.0 Å². The Bertz CT molecular complexity index is 569. The molecule has 1 aromatic heterocycles. The highest BCUT2D eigenvalue weighted by Crippen LogP contribution is 2.34. The van der Waals surface area contributed by atoms with E-state index in [1.54, 1.807) is 0 Å². The largest absolute Gasteiger partial charge is 0.309 e. The molecule has 0 bridgehead atoms. The van der Waals surface area contributed by atoms with E-state index in [0.29, 0.717) is 12.0 Å². The third-order valence-corrected chi connectivity index (χ3v) is 5.09. The molecule has 0 radical (unpaired) electrons. The smallest absolute Gasteiger partial charge is 0.123 e. The fraction of sp³-hybridized carbons (Fsp3) is 0.438. The maximum Gasteiger partial charge on any atom is 0.123 e. The summed E-state index contributed by atoms with van der Waals surface area (Å²) in [5.74, 6) is 0.586. The van der Waals surface area contributed by atoms with Crippen LogP contribution in [0.15, 0.2) is 24.3 Å². The van der Waals surface area contributed by atoms with Crippen molar-refractivity contribution in [3.05, 3.63) is 40.4 Å². The van der Waals surface area contributed by atoms with E-state index in [4.69, 9.17) is 4.98 Å². The van der Waals surface area contributed by atoms with Gasteiger partial charge in [0.25, 0.3) is 0 Å². The second kappa shape index (κ2) is 5.06. The molecule has 0 aliphatic carbocycles. The van der Waals surface area contributed by atoms with Gasteiger partial charge >= 0.3 is 0 Å². The van der Waals surface area contributed by atoms with Crippen molar-refractivity contribution in [3.8, 4) is 10.6 Å². The van der Waals surface area contributed by atoms with E-state index in [1.807, 2.05) is 11.3 Å². The van der Waals surface area contributed by atoms with E-state index in [1.165, 1.54) is 21.7 Å². The number of nitrogens with zero attached hydrogens (tertiary/aromatic N) is 1. The van der Waals surface area contributed by atoms with Gasteiger partial charge in [-0.3, -0.25) is 0 Å². The average molecular weight is 272 g/mol. The molecule has 0 saturated heterocycles. The lowest BCUT2D eigenvalue weighted by atomic mass is 10.0. The molecule has 0 spiro atoms. The fourth-order valence-electron chi connectivity index (χ4n) is 2.51. The van der Waals surface area contributed by atoms with Crippen LogP contribution in [0.25, 0.3) is 10.6 Å². The van der Waals surface area contributed by atoms with Crippen molar-refractivity contribution < 1.29 is 0 Å². The first-order valence-corrected chi connectivity index (χ1v) is 7.80. The van der Waals surface area contributed by atoms with Gasteiger partial charge in [-0.2, -0.15) is 0 Å². The number of fused-ring (bicyclic) bond motifs is 1. The minimum atomic E-state index is 0.449. The molecule has 100 valence electrons.